The number of anilines is 2. The van der Waals surface area contributed by atoms with E-state index in [2.05, 4.69) is 33.5 Å². The highest BCUT2D eigenvalue weighted by atomic mass is 15.1. The lowest BCUT2D eigenvalue weighted by Gasteiger charge is -2.11. The van der Waals surface area contributed by atoms with Crippen LogP contribution in [0.3, 0.4) is 0 Å². The Hall–Kier alpha value is -2.56. The van der Waals surface area contributed by atoms with Crippen LogP contribution in [0.1, 0.15) is 18.2 Å². The number of nitrogens with two attached hydrogens (primary N) is 1. The molecule has 0 fully saturated rings. The fourth-order valence-corrected chi connectivity index (χ4v) is 2.29. The molecule has 0 unspecified atom stereocenters. The summed E-state index contributed by atoms with van der Waals surface area (Å²) < 4.78 is 0. The Labute approximate surface area is 117 Å². The maximum atomic E-state index is 6.06. The molecule has 0 aliphatic carbocycles. The number of aryl methyl sites for hydroxylation is 1. The van der Waals surface area contributed by atoms with Gasteiger partial charge in [-0.25, -0.2) is 0 Å². The predicted molar refractivity (Wildman–Crippen MR) is 81.4 cm³/mol. The number of hydrogen-bond acceptors (Lipinski definition) is 4. The third kappa shape index (κ3) is 2.30. The molecule has 5 heteroatoms. The highest BCUT2D eigenvalue weighted by Crippen LogP contribution is 2.25. The van der Waals surface area contributed by atoms with Crippen LogP contribution in [0.5, 0.6) is 0 Å². The molecule has 5 nitrogen and oxygen atoms in total. The SMILES string of the molecule is CCc1cccnc1CNc1cc2[nH]ncc2cc1N. The minimum Gasteiger partial charge on any atom is -0.397 e. The van der Waals surface area contributed by atoms with E-state index in [4.69, 9.17) is 5.73 Å². The largest absolute Gasteiger partial charge is 0.397 e. The Balaban J connectivity index is 1.84. The number of nitrogen functional groups attached to an aromatic ring is 1. The summed E-state index contributed by atoms with van der Waals surface area (Å²) in [5, 5.41) is 11.3. The Morgan fingerprint density at radius 1 is 1.35 bits per heavy atom. The summed E-state index contributed by atoms with van der Waals surface area (Å²) in [5.41, 5.74) is 10.9. The summed E-state index contributed by atoms with van der Waals surface area (Å²) in [4.78, 5) is 4.42. The molecule has 0 amide bonds. The van der Waals surface area contributed by atoms with E-state index in [9.17, 15) is 0 Å². The third-order valence-electron chi connectivity index (χ3n) is 3.42. The number of aromatic nitrogens is 3. The van der Waals surface area contributed by atoms with Crippen molar-refractivity contribution < 1.29 is 0 Å². The van der Waals surface area contributed by atoms with E-state index >= 15 is 0 Å². The van der Waals surface area contributed by atoms with Gasteiger partial charge in [0, 0.05) is 11.6 Å². The smallest absolute Gasteiger partial charge is 0.0672 e. The molecule has 102 valence electrons. The van der Waals surface area contributed by atoms with Gasteiger partial charge in [-0.2, -0.15) is 5.10 Å². The number of fused-ring (bicyclic) bond motifs is 1. The average Bonchev–Trinajstić information content (AvgIpc) is 2.92. The van der Waals surface area contributed by atoms with Crippen molar-refractivity contribution in [3.8, 4) is 0 Å². The van der Waals surface area contributed by atoms with Gasteiger partial charge in [0.05, 0.1) is 35.3 Å². The summed E-state index contributed by atoms with van der Waals surface area (Å²) in [5.74, 6) is 0. The average molecular weight is 267 g/mol. The number of nitrogens with zero attached hydrogens (tertiary/aromatic N) is 2. The van der Waals surface area contributed by atoms with Crippen molar-refractivity contribution >= 4 is 22.3 Å². The fourth-order valence-electron chi connectivity index (χ4n) is 2.29. The molecule has 0 aliphatic rings. The molecular weight excluding hydrogens is 250 g/mol. The van der Waals surface area contributed by atoms with Crippen molar-refractivity contribution in [1.29, 1.82) is 0 Å². The number of aromatic amines is 1. The minimum atomic E-state index is 0.661. The molecule has 2 heterocycles. The number of nitrogens with one attached hydrogen (secondary N) is 2. The van der Waals surface area contributed by atoms with E-state index in [1.165, 1.54) is 5.56 Å². The number of H-pyrrole nitrogens is 1. The van der Waals surface area contributed by atoms with Gasteiger partial charge in [-0.05, 0) is 30.2 Å². The van der Waals surface area contributed by atoms with E-state index < -0.39 is 0 Å². The van der Waals surface area contributed by atoms with Gasteiger partial charge >= 0.3 is 0 Å². The molecule has 4 N–H and O–H groups in total. The van der Waals surface area contributed by atoms with Crippen LogP contribution in [0.2, 0.25) is 0 Å². The highest BCUT2D eigenvalue weighted by molar-refractivity contribution is 5.88. The van der Waals surface area contributed by atoms with Crippen molar-refractivity contribution in [3.63, 3.8) is 0 Å². The van der Waals surface area contributed by atoms with E-state index in [0.29, 0.717) is 12.2 Å². The Morgan fingerprint density at radius 3 is 3.10 bits per heavy atom. The van der Waals surface area contributed by atoms with Gasteiger partial charge in [0.15, 0.2) is 0 Å². The minimum absolute atomic E-state index is 0.661. The van der Waals surface area contributed by atoms with Gasteiger partial charge in [-0.1, -0.05) is 13.0 Å². The van der Waals surface area contributed by atoms with Crippen molar-refractivity contribution in [2.45, 2.75) is 19.9 Å². The van der Waals surface area contributed by atoms with Crippen molar-refractivity contribution in [2.75, 3.05) is 11.1 Å². The molecule has 0 saturated carbocycles. The van der Waals surface area contributed by atoms with Gasteiger partial charge in [-0.15, -0.1) is 0 Å². The first-order chi connectivity index (χ1) is 9.78. The first-order valence-corrected chi connectivity index (χ1v) is 6.67. The lowest BCUT2D eigenvalue weighted by Crippen LogP contribution is -2.06. The molecule has 0 saturated heterocycles. The van der Waals surface area contributed by atoms with E-state index in [1.807, 2.05) is 24.4 Å². The molecule has 0 spiro atoms. The van der Waals surface area contributed by atoms with E-state index in [0.717, 1.165) is 28.7 Å². The summed E-state index contributed by atoms with van der Waals surface area (Å²) in [6.07, 6.45) is 4.56. The van der Waals surface area contributed by atoms with Gasteiger partial charge in [0.2, 0.25) is 0 Å². The summed E-state index contributed by atoms with van der Waals surface area (Å²) >= 11 is 0. The van der Waals surface area contributed by atoms with Gasteiger partial charge in [-0.3, -0.25) is 10.1 Å². The number of rotatable bonds is 4. The van der Waals surface area contributed by atoms with Crippen LogP contribution in [0.4, 0.5) is 11.4 Å². The first kappa shape index (κ1) is 12.5. The van der Waals surface area contributed by atoms with Crippen molar-refractivity contribution in [3.05, 3.63) is 47.9 Å². The zero-order chi connectivity index (χ0) is 13.9. The molecular formula is C15H17N5. The second-order valence-electron chi connectivity index (χ2n) is 4.71. The molecule has 1 aromatic carbocycles. The van der Waals surface area contributed by atoms with Gasteiger partial charge in [0.25, 0.3) is 0 Å². The van der Waals surface area contributed by atoms with Crippen molar-refractivity contribution in [1.82, 2.24) is 15.2 Å². The second kappa shape index (κ2) is 5.21. The molecule has 3 rings (SSSR count). The molecule has 0 radical (unpaired) electrons. The highest BCUT2D eigenvalue weighted by Gasteiger charge is 2.06. The Bertz CT molecular complexity index is 732. The summed E-state index contributed by atoms with van der Waals surface area (Å²) in [7, 11) is 0. The van der Waals surface area contributed by atoms with Crippen LogP contribution >= 0.6 is 0 Å². The maximum Gasteiger partial charge on any atom is 0.0672 e. The number of benzene rings is 1. The van der Waals surface area contributed by atoms with Crippen LogP contribution in [-0.2, 0) is 13.0 Å². The molecule has 0 bridgehead atoms. The third-order valence-corrected chi connectivity index (χ3v) is 3.42. The Morgan fingerprint density at radius 2 is 2.25 bits per heavy atom. The van der Waals surface area contributed by atoms with Crippen molar-refractivity contribution in [2.24, 2.45) is 0 Å². The molecule has 0 aliphatic heterocycles. The fraction of sp³-hybridized carbons (Fsp3) is 0.200. The second-order valence-corrected chi connectivity index (χ2v) is 4.71. The first-order valence-electron chi connectivity index (χ1n) is 6.67. The number of hydrogen-bond donors (Lipinski definition) is 3. The van der Waals surface area contributed by atoms with Crippen LogP contribution in [0, 0.1) is 0 Å². The predicted octanol–water partition coefficient (Wildman–Crippen LogP) is 2.71. The van der Waals surface area contributed by atoms with E-state index in [-0.39, 0.29) is 0 Å². The standard InChI is InChI=1S/C15H17N5/c1-2-10-4-3-5-17-15(10)9-18-14-7-13-11(6-12(14)16)8-19-20-13/h3-8,18H,2,9,16H2,1H3,(H,19,20). The zero-order valence-electron chi connectivity index (χ0n) is 11.4. The lowest BCUT2D eigenvalue weighted by atomic mass is 10.1. The maximum absolute atomic E-state index is 6.06. The summed E-state index contributed by atoms with van der Waals surface area (Å²) in [6, 6.07) is 7.96. The zero-order valence-corrected chi connectivity index (χ0v) is 11.4. The quantitative estimate of drug-likeness (QED) is 0.635. The van der Waals surface area contributed by atoms with Crippen LogP contribution in [0.25, 0.3) is 10.9 Å². The van der Waals surface area contributed by atoms with Crippen LogP contribution in [0.15, 0.2) is 36.7 Å². The monoisotopic (exact) mass is 267 g/mol. The van der Waals surface area contributed by atoms with Crippen LogP contribution < -0.4 is 11.1 Å². The van der Waals surface area contributed by atoms with E-state index in [1.54, 1.807) is 6.20 Å². The Kier molecular flexibility index (Phi) is 3.25. The number of pyridine rings is 1. The molecule has 3 aromatic rings. The molecule has 0 atom stereocenters. The normalized spacial score (nSPS) is 10.8. The van der Waals surface area contributed by atoms with Gasteiger partial charge < -0.3 is 11.1 Å². The van der Waals surface area contributed by atoms with Gasteiger partial charge in [0.1, 0.15) is 0 Å². The molecule has 2 aromatic heterocycles. The molecule has 20 heavy (non-hydrogen) atoms. The van der Waals surface area contributed by atoms with Crippen LogP contribution in [-0.4, -0.2) is 15.2 Å². The topological polar surface area (TPSA) is 79.6 Å². The lowest BCUT2D eigenvalue weighted by molar-refractivity contribution is 0.972. The summed E-state index contributed by atoms with van der Waals surface area (Å²) in [6.45, 7) is 2.79.